The van der Waals surface area contributed by atoms with E-state index in [1.165, 1.54) is 23.8 Å². The number of amides is 2. The Balaban J connectivity index is 1.40. The van der Waals surface area contributed by atoms with Gasteiger partial charge in [0.1, 0.15) is 6.10 Å². The molecule has 2 heterocycles. The summed E-state index contributed by atoms with van der Waals surface area (Å²) in [6.07, 6.45) is 1.25. The van der Waals surface area contributed by atoms with Gasteiger partial charge in [0.2, 0.25) is 11.8 Å². The number of rotatable bonds is 4. The van der Waals surface area contributed by atoms with Gasteiger partial charge >= 0.3 is 0 Å². The lowest BCUT2D eigenvalue weighted by atomic mass is 9.89. The van der Waals surface area contributed by atoms with Crippen molar-refractivity contribution in [1.29, 1.82) is 0 Å². The van der Waals surface area contributed by atoms with E-state index in [1.54, 1.807) is 0 Å². The molecule has 1 aromatic carbocycles. The molecule has 1 aliphatic heterocycles. The summed E-state index contributed by atoms with van der Waals surface area (Å²) in [7, 11) is 0. The van der Waals surface area contributed by atoms with Crippen molar-refractivity contribution in [2.24, 2.45) is 5.92 Å². The van der Waals surface area contributed by atoms with Crippen molar-refractivity contribution in [2.75, 3.05) is 18.5 Å². The van der Waals surface area contributed by atoms with Crippen LogP contribution in [0.4, 0.5) is 5.13 Å². The van der Waals surface area contributed by atoms with Gasteiger partial charge in [0, 0.05) is 26.3 Å². The molecule has 0 spiro atoms. The van der Waals surface area contributed by atoms with Crippen molar-refractivity contribution in [3.63, 3.8) is 0 Å². The smallest absolute Gasteiger partial charge is 0.224 e. The van der Waals surface area contributed by atoms with Crippen LogP contribution in [-0.2, 0) is 27.2 Å². The van der Waals surface area contributed by atoms with E-state index in [1.807, 2.05) is 18.2 Å². The van der Waals surface area contributed by atoms with Gasteiger partial charge in [-0.1, -0.05) is 35.6 Å². The van der Waals surface area contributed by atoms with E-state index < -0.39 is 5.92 Å². The summed E-state index contributed by atoms with van der Waals surface area (Å²) in [5.74, 6) is -0.957. The molecule has 146 valence electrons. The second-order valence-corrected chi connectivity index (χ2v) is 8.06. The second-order valence-electron chi connectivity index (χ2n) is 7.06. The molecule has 28 heavy (non-hydrogen) atoms. The largest absolute Gasteiger partial charge is 0.371 e. The van der Waals surface area contributed by atoms with Gasteiger partial charge in [0.05, 0.1) is 23.1 Å². The molecule has 1 aromatic heterocycles. The fraction of sp³-hybridized carbons (Fsp3) is 0.400. The maximum absolute atomic E-state index is 12.7. The molecule has 4 rings (SSSR count). The lowest BCUT2D eigenvalue weighted by Crippen LogP contribution is -2.38. The van der Waals surface area contributed by atoms with Crippen molar-refractivity contribution < 1.29 is 19.1 Å². The Kier molecular flexibility index (Phi) is 5.23. The highest BCUT2D eigenvalue weighted by molar-refractivity contribution is 7.17. The van der Waals surface area contributed by atoms with Gasteiger partial charge in [-0.15, -0.1) is 0 Å². The van der Waals surface area contributed by atoms with E-state index in [2.05, 4.69) is 21.7 Å². The third-order valence-corrected chi connectivity index (χ3v) is 6.08. The van der Waals surface area contributed by atoms with Crippen molar-refractivity contribution in [1.82, 2.24) is 10.3 Å². The highest BCUT2D eigenvalue weighted by Crippen LogP contribution is 2.32. The number of ether oxygens (including phenoxy) is 1. The summed E-state index contributed by atoms with van der Waals surface area (Å²) in [6, 6.07) is 8.09. The minimum Gasteiger partial charge on any atom is -0.371 e. The van der Waals surface area contributed by atoms with E-state index >= 15 is 0 Å². The number of Topliss-reactive ketones (excluding diaryl/α,β-unsaturated/α-hetero) is 1. The van der Waals surface area contributed by atoms with Crippen LogP contribution >= 0.6 is 11.3 Å². The van der Waals surface area contributed by atoms with E-state index in [-0.39, 0.29) is 30.1 Å². The van der Waals surface area contributed by atoms with E-state index in [0.717, 1.165) is 12.0 Å². The Morgan fingerprint density at radius 3 is 2.93 bits per heavy atom. The Bertz CT molecular complexity index is 939. The summed E-state index contributed by atoms with van der Waals surface area (Å²) in [6.45, 7) is 2.40. The first kappa shape index (κ1) is 18.8. The number of fused-ring (bicyclic) bond motifs is 2. The normalized spacial score (nSPS) is 20.8. The molecule has 2 aromatic rings. The first-order valence-corrected chi connectivity index (χ1v) is 10.1. The molecule has 0 saturated carbocycles. The first-order chi connectivity index (χ1) is 13.5. The standard InChI is InChI=1S/C20H21N3O4S/c1-11(24)22-20-23-15-8-13(9-16(25)18(15)28-20)19(26)21-10-17-14-5-3-2-4-12(14)6-7-27-17/h2-5,13,17H,6-10H2,1H3,(H,21,26)(H,22,23,24)/t13-,17+/m1/s1. The van der Waals surface area contributed by atoms with Gasteiger partial charge in [0.25, 0.3) is 0 Å². The summed E-state index contributed by atoms with van der Waals surface area (Å²) < 4.78 is 5.83. The molecule has 1 aliphatic carbocycles. The number of carbonyl (C=O) groups excluding carboxylic acids is 3. The van der Waals surface area contributed by atoms with Crippen molar-refractivity contribution in [3.05, 3.63) is 46.0 Å². The molecule has 0 saturated heterocycles. The minimum absolute atomic E-state index is 0.102. The molecule has 0 unspecified atom stereocenters. The zero-order valence-electron chi connectivity index (χ0n) is 15.5. The average molecular weight is 399 g/mol. The molecule has 2 aliphatic rings. The zero-order valence-corrected chi connectivity index (χ0v) is 16.3. The summed E-state index contributed by atoms with van der Waals surface area (Å²) in [5, 5.41) is 5.95. The summed E-state index contributed by atoms with van der Waals surface area (Å²) in [5.41, 5.74) is 2.94. The summed E-state index contributed by atoms with van der Waals surface area (Å²) in [4.78, 5) is 41.2. The number of nitrogens with one attached hydrogen (secondary N) is 2. The maximum Gasteiger partial charge on any atom is 0.224 e. The highest BCUT2D eigenvalue weighted by Gasteiger charge is 2.33. The second kappa shape index (κ2) is 7.81. The number of hydrogen-bond donors (Lipinski definition) is 2. The van der Waals surface area contributed by atoms with Gasteiger partial charge in [-0.3, -0.25) is 14.4 Å². The fourth-order valence-electron chi connectivity index (χ4n) is 3.70. The first-order valence-electron chi connectivity index (χ1n) is 9.29. The van der Waals surface area contributed by atoms with Crippen LogP contribution in [-0.4, -0.2) is 35.7 Å². The zero-order chi connectivity index (χ0) is 19.7. The van der Waals surface area contributed by atoms with Gasteiger partial charge in [-0.25, -0.2) is 4.98 Å². The molecular weight excluding hydrogens is 378 g/mol. The van der Waals surface area contributed by atoms with Gasteiger partial charge in [0.15, 0.2) is 10.9 Å². The number of ketones is 1. The van der Waals surface area contributed by atoms with E-state index in [0.29, 0.717) is 35.3 Å². The van der Waals surface area contributed by atoms with Crippen molar-refractivity contribution in [3.8, 4) is 0 Å². The van der Waals surface area contributed by atoms with Crippen molar-refractivity contribution in [2.45, 2.75) is 32.3 Å². The minimum atomic E-state index is -0.453. The van der Waals surface area contributed by atoms with Crippen LogP contribution < -0.4 is 10.6 Å². The van der Waals surface area contributed by atoms with Gasteiger partial charge in [-0.05, 0) is 17.5 Å². The van der Waals surface area contributed by atoms with Crippen LogP contribution in [0.1, 0.15) is 45.9 Å². The number of carbonyl (C=O) groups is 3. The Morgan fingerprint density at radius 2 is 2.11 bits per heavy atom. The summed E-state index contributed by atoms with van der Waals surface area (Å²) >= 11 is 1.17. The average Bonchev–Trinajstić information content (AvgIpc) is 3.08. The number of benzene rings is 1. The molecule has 2 N–H and O–H groups in total. The van der Waals surface area contributed by atoms with Crippen LogP contribution in [0.2, 0.25) is 0 Å². The van der Waals surface area contributed by atoms with Crippen LogP contribution in [0, 0.1) is 5.92 Å². The third-order valence-electron chi connectivity index (χ3n) is 5.03. The molecule has 0 fully saturated rings. The number of hydrogen-bond acceptors (Lipinski definition) is 6. The molecule has 0 radical (unpaired) electrons. The van der Waals surface area contributed by atoms with Crippen LogP contribution in [0.15, 0.2) is 24.3 Å². The molecular formula is C20H21N3O4S. The van der Waals surface area contributed by atoms with Gasteiger partial charge < -0.3 is 15.4 Å². The Hall–Kier alpha value is -2.58. The SMILES string of the molecule is CC(=O)Nc1nc2c(s1)C(=O)C[C@H](C(=O)NC[C@@H]1OCCc3ccccc31)C2. The lowest BCUT2D eigenvalue weighted by molar-refractivity contribution is -0.125. The van der Waals surface area contributed by atoms with Crippen molar-refractivity contribution >= 4 is 34.1 Å². The molecule has 7 nitrogen and oxygen atoms in total. The van der Waals surface area contributed by atoms with Gasteiger partial charge in [-0.2, -0.15) is 0 Å². The number of thiazole rings is 1. The van der Waals surface area contributed by atoms with E-state index in [9.17, 15) is 14.4 Å². The Morgan fingerprint density at radius 1 is 1.29 bits per heavy atom. The predicted molar refractivity (Wildman–Crippen MR) is 104 cm³/mol. The van der Waals surface area contributed by atoms with Crippen LogP contribution in [0.5, 0.6) is 0 Å². The molecule has 0 bridgehead atoms. The quantitative estimate of drug-likeness (QED) is 0.822. The lowest BCUT2D eigenvalue weighted by Gasteiger charge is -2.27. The maximum atomic E-state index is 12.7. The predicted octanol–water partition coefficient (Wildman–Crippen LogP) is 2.28. The number of aromatic nitrogens is 1. The monoisotopic (exact) mass is 399 g/mol. The Labute approximate surface area is 166 Å². The van der Waals surface area contributed by atoms with Crippen LogP contribution in [0.3, 0.4) is 0 Å². The third kappa shape index (κ3) is 3.83. The van der Waals surface area contributed by atoms with E-state index in [4.69, 9.17) is 4.74 Å². The number of nitrogens with zero attached hydrogens (tertiary/aromatic N) is 1. The fourth-order valence-corrected chi connectivity index (χ4v) is 4.69. The number of anilines is 1. The molecule has 2 amide bonds. The molecule has 2 atom stereocenters. The van der Waals surface area contributed by atoms with Crippen LogP contribution in [0.25, 0.3) is 0 Å². The topological polar surface area (TPSA) is 97.4 Å². The molecule has 8 heteroatoms. The highest BCUT2D eigenvalue weighted by atomic mass is 32.1.